The summed E-state index contributed by atoms with van der Waals surface area (Å²) in [6, 6.07) is 3.91. The van der Waals surface area contributed by atoms with Crippen LogP contribution in [-0.4, -0.2) is 49.3 Å². The molecule has 1 amide bonds. The van der Waals surface area contributed by atoms with Crippen LogP contribution in [0.15, 0.2) is 18.2 Å². The van der Waals surface area contributed by atoms with Crippen molar-refractivity contribution in [3.8, 4) is 5.75 Å². The average Bonchev–Trinajstić information content (AvgIpc) is 2.60. The van der Waals surface area contributed by atoms with Gasteiger partial charge >= 0.3 is 5.97 Å². The number of nitro groups is 1. The summed E-state index contributed by atoms with van der Waals surface area (Å²) in [6.07, 6.45) is -0.238. The van der Waals surface area contributed by atoms with E-state index >= 15 is 0 Å². The number of carbonyl (C=O) groups excluding carboxylic acids is 2. The molecule has 0 saturated carbocycles. The highest BCUT2D eigenvalue weighted by Crippen LogP contribution is 2.28. The maximum Gasteiger partial charge on any atom is 0.306 e. The number of amides is 1. The van der Waals surface area contributed by atoms with Crippen LogP contribution in [0.4, 0.5) is 11.4 Å². The lowest BCUT2D eigenvalue weighted by Crippen LogP contribution is -2.34. The molecule has 0 atom stereocenters. The van der Waals surface area contributed by atoms with E-state index in [1.54, 1.807) is 0 Å². The van der Waals surface area contributed by atoms with Gasteiger partial charge in [-0.25, -0.2) is 0 Å². The van der Waals surface area contributed by atoms with Crippen LogP contribution in [0.25, 0.3) is 0 Å². The number of methoxy groups -OCH3 is 2. The largest absolute Gasteiger partial charge is 0.495 e. The summed E-state index contributed by atoms with van der Waals surface area (Å²) in [6.45, 7) is 0.389. The number of rotatable bonds is 9. The zero-order valence-electron chi connectivity index (χ0n) is 14.3. The van der Waals surface area contributed by atoms with Gasteiger partial charge in [0.15, 0.2) is 5.11 Å². The summed E-state index contributed by atoms with van der Waals surface area (Å²) in [5, 5.41) is 15.8. The number of non-ortho nitro benzene ring substituents is 1. The van der Waals surface area contributed by atoms with E-state index < -0.39 is 16.8 Å². The van der Waals surface area contributed by atoms with Gasteiger partial charge in [-0.15, -0.1) is 0 Å². The van der Waals surface area contributed by atoms with Crippen molar-refractivity contribution in [1.82, 2.24) is 5.32 Å². The lowest BCUT2D eigenvalue weighted by Gasteiger charge is -2.12. The standard InChI is InChI=1S/C15H19N3O7S/c1-23-7-8-25-14(20)6-5-13(19)17-15(26)16-11-9-10(18(21)22)3-4-12(11)24-2/h3-4,9H,5-8H2,1-2H3,(H2,16,17,19,26). The zero-order chi connectivity index (χ0) is 19.5. The number of anilines is 1. The Bertz CT molecular complexity index is 681. The second kappa shape index (κ2) is 10.9. The fraction of sp³-hybridized carbons (Fsp3) is 0.400. The molecule has 0 aliphatic carbocycles. The van der Waals surface area contributed by atoms with Gasteiger partial charge in [-0.2, -0.15) is 0 Å². The molecule has 0 radical (unpaired) electrons. The number of benzene rings is 1. The van der Waals surface area contributed by atoms with Crippen molar-refractivity contribution < 1.29 is 28.7 Å². The number of hydrogen-bond donors (Lipinski definition) is 2. The first-order valence-corrected chi connectivity index (χ1v) is 7.86. The Morgan fingerprint density at radius 3 is 2.58 bits per heavy atom. The molecule has 0 aliphatic rings. The van der Waals surface area contributed by atoms with Gasteiger partial charge in [0.1, 0.15) is 12.4 Å². The van der Waals surface area contributed by atoms with Crippen LogP contribution in [0.2, 0.25) is 0 Å². The van der Waals surface area contributed by atoms with Crippen LogP contribution in [0.1, 0.15) is 12.8 Å². The molecule has 0 bridgehead atoms. The molecule has 0 saturated heterocycles. The molecule has 0 unspecified atom stereocenters. The lowest BCUT2D eigenvalue weighted by atomic mass is 10.2. The molecular weight excluding hydrogens is 366 g/mol. The number of carbonyl (C=O) groups is 2. The lowest BCUT2D eigenvalue weighted by molar-refractivity contribution is -0.384. The van der Waals surface area contributed by atoms with Gasteiger partial charge in [0, 0.05) is 25.7 Å². The van der Waals surface area contributed by atoms with Gasteiger partial charge in [-0.3, -0.25) is 19.7 Å². The van der Waals surface area contributed by atoms with Crippen molar-refractivity contribution in [2.75, 3.05) is 32.8 Å². The van der Waals surface area contributed by atoms with Crippen molar-refractivity contribution in [3.63, 3.8) is 0 Å². The molecule has 1 rings (SSSR count). The molecule has 0 heterocycles. The Morgan fingerprint density at radius 2 is 1.96 bits per heavy atom. The van der Waals surface area contributed by atoms with E-state index in [-0.39, 0.29) is 42.5 Å². The number of esters is 1. The fourth-order valence-electron chi connectivity index (χ4n) is 1.78. The van der Waals surface area contributed by atoms with E-state index in [0.29, 0.717) is 5.75 Å². The summed E-state index contributed by atoms with van der Waals surface area (Å²) >= 11 is 4.99. The molecule has 0 fully saturated rings. The molecule has 10 nitrogen and oxygen atoms in total. The normalized spacial score (nSPS) is 9.92. The van der Waals surface area contributed by atoms with Crippen molar-refractivity contribution in [3.05, 3.63) is 28.3 Å². The van der Waals surface area contributed by atoms with Crippen molar-refractivity contribution in [2.45, 2.75) is 12.8 Å². The predicted molar refractivity (Wildman–Crippen MR) is 96.1 cm³/mol. The third kappa shape index (κ3) is 7.40. The number of nitrogens with zero attached hydrogens (tertiary/aromatic N) is 1. The van der Waals surface area contributed by atoms with E-state index in [2.05, 4.69) is 10.6 Å². The minimum Gasteiger partial charge on any atom is -0.495 e. The summed E-state index contributed by atoms with van der Waals surface area (Å²) in [5.41, 5.74) is 0.0622. The molecule has 26 heavy (non-hydrogen) atoms. The predicted octanol–water partition coefficient (Wildman–Crippen LogP) is 1.39. The second-order valence-corrected chi connectivity index (χ2v) is 5.27. The van der Waals surface area contributed by atoms with Gasteiger partial charge in [0.2, 0.25) is 5.91 Å². The number of nitrogens with one attached hydrogen (secondary N) is 2. The van der Waals surface area contributed by atoms with E-state index in [9.17, 15) is 19.7 Å². The maximum atomic E-state index is 11.8. The van der Waals surface area contributed by atoms with Crippen molar-refractivity contribution in [2.24, 2.45) is 0 Å². The molecule has 2 N–H and O–H groups in total. The van der Waals surface area contributed by atoms with Gasteiger partial charge in [-0.1, -0.05) is 0 Å². The molecule has 1 aromatic carbocycles. The summed E-state index contributed by atoms with van der Waals surface area (Å²) in [7, 11) is 2.87. The highest BCUT2D eigenvalue weighted by atomic mass is 32.1. The zero-order valence-corrected chi connectivity index (χ0v) is 15.1. The van der Waals surface area contributed by atoms with E-state index in [4.69, 9.17) is 26.4 Å². The maximum absolute atomic E-state index is 11.8. The molecule has 1 aromatic rings. The number of ether oxygens (including phenoxy) is 3. The molecule has 0 aromatic heterocycles. The Morgan fingerprint density at radius 1 is 1.23 bits per heavy atom. The first-order valence-electron chi connectivity index (χ1n) is 7.45. The number of thiocarbonyl (C=S) groups is 1. The molecule has 0 spiro atoms. The SMILES string of the molecule is COCCOC(=O)CCC(=O)NC(=S)Nc1cc([N+](=O)[O-])ccc1OC. The summed E-state index contributed by atoms with van der Waals surface area (Å²) in [5.74, 6) is -0.721. The van der Waals surface area contributed by atoms with Gasteiger partial charge in [0.25, 0.3) is 5.69 Å². The van der Waals surface area contributed by atoms with Gasteiger partial charge in [-0.05, 0) is 18.3 Å². The molecule has 142 valence electrons. The van der Waals surface area contributed by atoms with Gasteiger partial charge < -0.3 is 24.8 Å². The van der Waals surface area contributed by atoms with Crippen LogP contribution in [-0.2, 0) is 19.1 Å². The fourth-order valence-corrected chi connectivity index (χ4v) is 2.00. The summed E-state index contributed by atoms with van der Waals surface area (Å²) in [4.78, 5) is 33.5. The minimum absolute atomic E-state index is 0.0819. The second-order valence-electron chi connectivity index (χ2n) is 4.86. The summed E-state index contributed by atoms with van der Waals surface area (Å²) < 4.78 is 14.6. The topological polar surface area (TPSA) is 129 Å². The molecular formula is C15H19N3O7S. The molecule has 0 aliphatic heterocycles. The van der Waals surface area contributed by atoms with E-state index in [1.807, 2.05) is 0 Å². The monoisotopic (exact) mass is 385 g/mol. The third-order valence-electron chi connectivity index (χ3n) is 3.00. The van der Waals surface area contributed by atoms with Crippen molar-refractivity contribution in [1.29, 1.82) is 0 Å². The van der Waals surface area contributed by atoms with Crippen LogP contribution in [0.5, 0.6) is 5.75 Å². The minimum atomic E-state index is -0.568. The number of nitro benzene ring substituents is 1. The van der Waals surface area contributed by atoms with Crippen LogP contribution in [0, 0.1) is 10.1 Å². The Balaban J connectivity index is 2.53. The smallest absolute Gasteiger partial charge is 0.306 e. The average molecular weight is 385 g/mol. The number of hydrogen-bond acceptors (Lipinski definition) is 8. The van der Waals surface area contributed by atoms with E-state index in [1.165, 1.54) is 32.4 Å². The van der Waals surface area contributed by atoms with Crippen LogP contribution in [0.3, 0.4) is 0 Å². The van der Waals surface area contributed by atoms with Crippen molar-refractivity contribution >= 4 is 40.6 Å². The van der Waals surface area contributed by atoms with Crippen LogP contribution >= 0.6 is 12.2 Å². The Hall–Kier alpha value is -2.79. The quantitative estimate of drug-likeness (QED) is 0.213. The van der Waals surface area contributed by atoms with Crippen LogP contribution < -0.4 is 15.4 Å². The van der Waals surface area contributed by atoms with Gasteiger partial charge in [0.05, 0.1) is 30.7 Å². The molecule has 11 heteroatoms. The first-order chi connectivity index (χ1) is 12.4. The third-order valence-corrected chi connectivity index (χ3v) is 3.21. The highest BCUT2D eigenvalue weighted by molar-refractivity contribution is 7.80. The van der Waals surface area contributed by atoms with E-state index in [0.717, 1.165) is 0 Å². The Kier molecular flexibility index (Phi) is 8.95. The Labute approximate surface area is 154 Å². The highest BCUT2D eigenvalue weighted by Gasteiger charge is 2.14. The first kappa shape index (κ1) is 21.3.